The number of rotatable bonds is 3. The number of halogens is 1. The van der Waals surface area contributed by atoms with E-state index in [1.54, 1.807) is 6.07 Å². The van der Waals surface area contributed by atoms with E-state index in [0.29, 0.717) is 12.3 Å². The summed E-state index contributed by atoms with van der Waals surface area (Å²) in [4.78, 5) is 0.171. The molecule has 1 aliphatic rings. The SMILES string of the molecule is COc1ccc(S(=O)(=O)N2CCc3ccccc32)cc1Cl. The van der Waals surface area contributed by atoms with Crippen molar-refractivity contribution in [2.75, 3.05) is 18.0 Å². The number of nitrogens with zero attached hydrogens (tertiary/aromatic N) is 1. The van der Waals surface area contributed by atoms with Crippen molar-refractivity contribution >= 4 is 27.3 Å². The number of ether oxygens (including phenoxy) is 1. The second kappa shape index (κ2) is 5.24. The van der Waals surface area contributed by atoms with E-state index in [4.69, 9.17) is 16.3 Å². The summed E-state index contributed by atoms with van der Waals surface area (Å²) in [7, 11) is -2.11. The highest BCUT2D eigenvalue weighted by atomic mass is 35.5. The van der Waals surface area contributed by atoms with Crippen molar-refractivity contribution in [3.63, 3.8) is 0 Å². The molecule has 2 aromatic carbocycles. The number of hydrogen-bond acceptors (Lipinski definition) is 3. The first-order chi connectivity index (χ1) is 10.0. The quantitative estimate of drug-likeness (QED) is 0.872. The standard InChI is InChI=1S/C15H14ClNO3S/c1-20-15-7-6-12(10-13(15)16)21(18,19)17-9-8-11-4-2-3-5-14(11)17/h2-7,10H,8-9H2,1H3. The predicted molar refractivity (Wildman–Crippen MR) is 82.7 cm³/mol. The fourth-order valence-electron chi connectivity index (χ4n) is 2.49. The second-order valence-corrected chi connectivity index (χ2v) is 7.02. The highest BCUT2D eigenvalue weighted by molar-refractivity contribution is 7.92. The van der Waals surface area contributed by atoms with Crippen molar-refractivity contribution in [3.8, 4) is 5.75 Å². The van der Waals surface area contributed by atoms with Crippen LogP contribution < -0.4 is 9.04 Å². The van der Waals surface area contributed by atoms with Gasteiger partial charge in [-0.1, -0.05) is 29.8 Å². The highest BCUT2D eigenvalue weighted by Gasteiger charge is 2.30. The zero-order valence-corrected chi connectivity index (χ0v) is 13.0. The lowest BCUT2D eigenvalue weighted by atomic mass is 10.2. The number of sulfonamides is 1. The maximum Gasteiger partial charge on any atom is 0.264 e. The third-order valence-corrected chi connectivity index (χ3v) is 5.66. The Morgan fingerprint density at radius 1 is 1.19 bits per heavy atom. The van der Waals surface area contributed by atoms with E-state index in [2.05, 4.69) is 0 Å². The first-order valence-corrected chi connectivity index (χ1v) is 8.30. The minimum Gasteiger partial charge on any atom is -0.495 e. The molecule has 2 aromatic rings. The Balaban J connectivity index is 2.04. The van der Waals surface area contributed by atoms with Crippen LogP contribution in [0, 0.1) is 0 Å². The molecule has 0 bridgehead atoms. The second-order valence-electron chi connectivity index (χ2n) is 4.75. The number of hydrogen-bond donors (Lipinski definition) is 0. The maximum atomic E-state index is 12.8. The Morgan fingerprint density at radius 3 is 2.67 bits per heavy atom. The molecule has 0 spiro atoms. The Kier molecular flexibility index (Phi) is 3.55. The van der Waals surface area contributed by atoms with E-state index in [9.17, 15) is 8.42 Å². The third kappa shape index (κ3) is 2.36. The topological polar surface area (TPSA) is 46.6 Å². The van der Waals surface area contributed by atoms with Crippen molar-refractivity contribution in [1.29, 1.82) is 0 Å². The van der Waals surface area contributed by atoms with Gasteiger partial charge in [-0.15, -0.1) is 0 Å². The summed E-state index contributed by atoms with van der Waals surface area (Å²) >= 11 is 6.03. The van der Waals surface area contributed by atoms with Gasteiger partial charge in [-0.25, -0.2) is 8.42 Å². The molecular formula is C15H14ClNO3S. The Hall–Kier alpha value is -1.72. The fraction of sp³-hybridized carbons (Fsp3) is 0.200. The van der Waals surface area contributed by atoms with Crippen LogP contribution in [-0.2, 0) is 16.4 Å². The van der Waals surface area contributed by atoms with E-state index in [-0.39, 0.29) is 9.92 Å². The van der Waals surface area contributed by atoms with Crippen LogP contribution in [0.1, 0.15) is 5.56 Å². The van der Waals surface area contributed by atoms with Crippen LogP contribution >= 0.6 is 11.6 Å². The zero-order chi connectivity index (χ0) is 15.0. The monoisotopic (exact) mass is 323 g/mol. The smallest absolute Gasteiger partial charge is 0.264 e. The van der Waals surface area contributed by atoms with Gasteiger partial charge in [0.15, 0.2) is 0 Å². The molecular weight excluding hydrogens is 310 g/mol. The van der Waals surface area contributed by atoms with Crippen LogP contribution in [0.25, 0.3) is 0 Å². The minimum atomic E-state index is -3.61. The Morgan fingerprint density at radius 2 is 1.95 bits per heavy atom. The van der Waals surface area contributed by atoms with E-state index < -0.39 is 10.0 Å². The van der Waals surface area contributed by atoms with Crippen LogP contribution in [0.4, 0.5) is 5.69 Å². The first-order valence-electron chi connectivity index (χ1n) is 6.48. The average molecular weight is 324 g/mol. The molecule has 0 saturated heterocycles. The van der Waals surface area contributed by atoms with E-state index in [1.165, 1.54) is 23.5 Å². The molecule has 0 radical (unpaired) electrons. The molecule has 110 valence electrons. The van der Waals surface area contributed by atoms with Crippen LogP contribution in [0.3, 0.4) is 0 Å². The third-order valence-electron chi connectivity index (χ3n) is 3.56. The summed E-state index contributed by atoms with van der Waals surface area (Å²) in [6.07, 6.45) is 0.722. The molecule has 0 saturated carbocycles. The lowest BCUT2D eigenvalue weighted by Gasteiger charge is -2.20. The van der Waals surface area contributed by atoms with Crippen LogP contribution in [0.5, 0.6) is 5.75 Å². The number of anilines is 1. The molecule has 0 N–H and O–H groups in total. The normalized spacial score (nSPS) is 14.1. The lowest BCUT2D eigenvalue weighted by Crippen LogP contribution is -2.29. The summed E-state index contributed by atoms with van der Waals surface area (Å²) in [5, 5.41) is 0.283. The zero-order valence-electron chi connectivity index (χ0n) is 11.4. The summed E-state index contributed by atoms with van der Waals surface area (Å²) in [5.41, 5.74) is 1.78. The molecule has 0 atom stereocenters. The van der Waals surface area contributed by atoms with Gasteiger partial charge in [0.05, 0.1) is 22.7 Å². The predicted octanol–water partition coefficient (Wildman–Crippen LogP) is 3.10. The van der Waals surface area contributed by atoms with Gasteiger partial charge in [-0.05, 0) is 36.2 Å². The van der Waals surface area contributed by atoms with Crippen molar-refractivity contribution in [1.82, 2.24) is 0 Å². The van der Waals surface area contributed by atoms with Gasteiger partial charge in [0.25, 0.3) is 10.0 Å². The van der Waals surface area contributed by atoms with Gasteiger partial charge in [0, 0.05) is 6.54 Å². The molecule has 0 fully saturated rings. The Labute approximate surface area is 129 Å². The molecule has 1 heterocycles. The van der Waals surface area contributed by atoms with Gasteiger partial charge in [0.2, 0.25) is 0 Å². The van der Waals surface area contributed by atoms with Gasteiger partial charge >= 0.3 is 0 Å². The van der Waals surface area contributed by atoms with E-state index >= 15 is 0 Å². The van der Waals surface area contributed by atoms with Crippen molar-refractivity contribution in [2.45, 2.75) is 11.3 Å². The van der Waals surface area contributed by atoms with Gasteiger partial charge < -0.3 is 4.74 Å². The molecule has 4 nitrogen and oxygen atoms in total. The van der Waals surface area contributed by atoms with E-state index in [0.717, 1.165) is 17.7 Å². The van der Waals surface area contributed by atoms with Crippen LogP contribution in [0.2, 0.25) is 5.02 Å². The molecule has 21 heavy (non-hydrogen) atoms. The van der Waals surface area contributed by atoms with Crippen LogP contribution in [-0.4, -0.2) is 22.1 Å². The van der Waals surface area contributed by atoms with Crippen molar-refractivity contribution in [2.24, 2.45) is 0 Å². The highest BCUT2D eigenvalue weighted by Crippen LogP contribution is 2.34. The molecule has 0 aromatic heterocycles. The fourth-order valence-corrected chi connectivity index (χ4v) is 4.34. The van der Waals surface area contributed by atoms with E-state index in [1.807, 2.05) is 24.3 Å². The molecule has 0 amide bonds. The van der Waals surface area contributed by atoms with Crippen molar-refractivity contribution < 1.29 is 13.2 Å². The lowest BCUT2D eigenvalue weighted by molar-refractivity contribution is 0.414. The minimum absolute atomic E-state index is 0.171. The van der Waals surface area contributed by atoms with Gasteiger partial charge in [-0.3, -0.25) is 4.31 Å². The largest absolute Gasteiger partial charge is 0.495 e. The van der Waals surface area contributed by atoms with Crippen LogP contribution in [0.15, 0.2) is 47.4 Å². The maximum absolute atomic E-state index is 12.8. The molecule has 0 aliphatic carbocycles. The van der Waals surface area contributed by atoms with Crippen molar-refractivity contribution in [3.05, 3.63) is 53.1 Å². The Bertz CT molecular complexity index is 789. The summed E-state index contributed by atoms with van der Waals surface area (Å²) in [6.45, 7) is 0.450. The number of fused-ring (bicyclic) bond motifs is 1. The number of para-hydroxylation sites is 1. The first kappa shape index (κ1) is 14.2. The van der Waals surface area contributed by atoms with Gasteiger partial charge in [0.1, 0.15) is 5.75 Å². The number of benzene rings is 2. The molecule has 1 aliphatic heterocycles. The average Bonchev–Trinajstić information content (AvgIpc) is 2.91. The molecule has 3 rings (SSSR count). The molecule has 0 unspecified atom stereocenters. The molecule has 6 heteroatoms. The summed E-state index contributed by atoms with van der Waals surface area (Å²) < 4.78 is 32.0. The number of methoxy groups -OCH3 is 1. The summed E-state index contributed by atoms with van der Waals surface area (Å²) in [5.74, 6) is 0.456. The summed E-state index contributed by atoms with van der Waals surface area (Å²) in [6, 6.07) is 12.0. The van der Waals surface area contributed by atoms with Gasteiger partial charge in [-0.2, -0.15) is 0 Å².